The smallest absolute Gasteiger partial charge is 0.311 e. The van der Waals surface area contributed by atoms with Crippen molar-refractivity contribution in [3.8, 4) is 0 Å². The van der Waals surface area contributed by atoms with E-state index in [2.05, 4.69) is 10.6 Å². The minimum absolute atomic E-state index is 0.0794. The van der Waals surface area contributed by atoms with Crippen LogP contribution in [-0.4, -0.2) is 36.0 Å². The molecule has 3 N–H and O–H groups in total. The van der Waals surface area contributed by atoms with Crippen LogP contribution < -0.4 is 10.6 Å². The number of hydrogen-bond acceptors (Lipinski definition) is 3. The van der Waals surface area contributed by atoms with Crippen LogP contribution in [0.5, 0.6) is 0 Å². The SMILES string of the molecule is CCC(CC)(CNC(=O)CNC(=O)CCC(C)C)C(=O)O. The Morgan fingerprint density at radius 3 is 2.05 bits per heavy atom. The highest BCUT2D eigenvalue weighted by Gasteiger charge is 2.35. The summed E-state index contributed by atoms with van der Waals surface area (Å²) < 4.78 is 0. The summed E-state index contributed by atoms with van der Waals surface area (Å²) in [7, 11) is 0. The zero-order valence-corrected chi connectivity index (χ0v) is 13.5. The van der Waals surface area contributed by atoms with Crippen molar-refractivity contribution in [3.05, 3.63) is 0 Å². The van der Waals surface area contributed by atoms with E-state index in [4.69, 9.17) is 0 Å². The second-order valence-corrected chi connectivity index (χ2v) is 5.78. The van der Waals surface area contributed by atoms with Gasteiger partial charge in [0.2, 0.25) is 11.8 Å². The Morgan fingerprint density at radius 1 is 1.05 bits per heavy atom. The van der Waals surface area contributed by atoms with Gasteiger partial charge in [-0.2, -0.15) is 0 Å². The van der Waals surface area contributed by atoms with Gasteiger partial charge < -0.3 is 15.7 Å². The molecular weight excluding hydrogens is 272 g/mol. The molecule has 0 aromatic carbocycles. The van der Waals surface area contributed by atoms with E-state index in [1.807, 2.05) is 13.8 Å². The number of carboxylic acid groups (broad SMARTS) is 1. The molecular formula is C15H28N2O4. The van der Waals surface area contributed by atoms with Crippen LogP contribution in [-0.2, 0) is 14.4 Å². The molecule has 0 saturated heterocycles. The van der Waals surface area contributed by atoms with Gasteiger partial charge in [0.25, 0.3) is 0 Å². The number of carbonyl (C=O) groups is 3. The summed E-state index contributed by atoms with van der Waals surface area (Å²) in [4.78, 5) is 34.4. The van der Waals surface area contributed by atoms with Crippen LogP contribution in [0, 0.1) is 11.3 Å². The second kappa shape index (κ2) is 9.37. The molecule has 0 saturated carbocycles. The first-order valence-corrected chi connectivity index (χ1v) is 7.54. The monoisotopic (exact) mass is 300 g/mol. The van der Waals surface area contributed by atoms with E-state index in [0.717, 1.165) is 6.42 Å². The number of hydrogen-bond donors (Lipinski definition) is 3. The van der Waals surface area contributed by atoms with Gasteiger partial charge in [-0.1, -0.05) is 27.7 Å². The highest BCUT2D eigenvalue weighted by molar-refractivity contribution is 5.85. The maximum atomic E-state index is 11.7. The molecule has 0 rings (SSSR count). The van der Waals surface area contributed by atoms with E-state index in [0.29, 0.717) is 25.2 Å². The van der Waals surface area contributed by atoms with Crippen LogP contribution in [0.2, 0.25) is 0 Å². The first-order valence-electron chi connectivity index (χ1n) is 7.54. The molecule has 0 spiro atoms. The van der Waals surface area contributed by atoms with E-state index in [-0.39, 0.29) is 24.9 Å². The van der Waals surface area contributed by atoms with Crippen molar-refractivity contribution in [2.45, 2.75) is 53.4 Å². The summed E-state index contributed by atoms with van der Waals surface area (Å²) in [5.41, 5.74) is -0.933. The Hall–Kier alpha value is -1.59. The summed E-state index contributed by atoms with van der Waals surface area (Å²) in [5, 5.41) is 14.4. The van der Waals surface area contributed by atoms with E-state index >= 15 is 0 Å². The summed E-state index contributed by atoms with van der Waals surface area (Å²) in [6.45, 7) is 7.60. The summed E-state index contributed by atoms with van der Waals surface area (Å²) in [5.74, 6) is -0.988. The van der Waals surface area contributed by atoms with Gasteiger partial charge in [0, 0.05) is 13.0 Å². The van der Waals surface area contributed by atoms with Crippen molar-refractivity contribution >= 4 is 17.8 Å². The van der Waals surface area contributed by atoms with E-state index in [1.54, 1.807) is 13.8 Å². The van der Waals surface area contributed by atoms with E-state index in [9.17, 15) is 19.5 Å². The van der Waals surface area contributed by atoms with Gasteiger partial charge in [-0.3, -0.25) is 14.4 Å². The van der Waals surface area contributed by atoms with Gasteiger partial charge in [-0.05, 0) is 25.2 Å². The van der Waals surface area contributed by atoms with Crippen LogP contribution >= 0.6 is 0 Å². The average Bonchev–Trinajstić information content (AvgIpc) is 2.44. The number of aliphatic carboxylic acids is 1. The molecule has 6 nitrogen and oxygen atoms in total. The van der Waals surface area contributed by atoms with Crippen LogP contribution in [0.1, 0.15) is 53.4 Å². The molecule has 0 heterocycles. The van der Waals surface area contributed by atoms with Crippen molar-refractivity contribution in [1.29, 1.82) is 0 Å². The number of amides is 2. The minimum Gasteiger partial charge on any atom is -0.481 e. The Balaban J connectivity index is 4.15. The van der Waals surface area contributed by atoms with Crippen LogP contribution in [0.15, 0.2) is 0 Å². The van der Waals surface area contributed by atoms with Crippen LogP contribution in [0.4, 0.5) is 0 Å². The van der Waals surface area contributed by atoms with Crippen LogP contribution in [0.3, 0.4) is 0 Å². The average molecular weight is 300 g/mol. The maximum Gasteiger partial charge on any atom is 0.311 e. The van der Waals surface area contributed by atoms with Gasteiger partial charge in [-0.15, -0.1) is 0 Å². The molecule has 122 valence electrons. The van der Waals surface area contributed by atoms with E-state index in [1.165, 1.54) is 0 Å². The predicted molar refractivity (Wildman–Crippen MR) is 80.7 cm³/mol. The standard InChI is InChI=1S/C15H28N2O4/c1-5-15(6-2,14(20)21)10-17-13(19)9-16-12(18)8-7-11(3)4/h11H,5-10H2,1-4H3,(H,16,18)(H,17,19)(H,20,21). The molecule has 0 aliphatic rings. The zero-order valence-electron chi connectivity index (χ0n) is 13.5. The minimum atomic E-state index is -0.933. The molecule has 0 fully saturated rings. The molecule has 0 aliphatic heterocycles. The predicted octanol–water partition coefficient (Wildman–Crippen LogP) is 1.55. The first kappa shape index (κ1) is 19.4. The Morgan fingerprint density at radius 2 is 1.62 bits per heavy atom. The van der Waals surface area contributed by atoms with Crippen molar-refractivity contribution in [2.24, 2.45) is 11.3 Å². The van der Waals surface area contributed by atoms with Gasteiger partial charge >= 0.3 is 5.97 Å². The van der Waals surface area contributed by atoms with Gasteiger partial charge in [-0.25, -0.2) is 0 Å². The summed E-state index contributed by atoms with van der Waals surface area (Å²) in [6, 6.07) is 0. The molecule has 0 aromatic heterocycles. The molecule has 0 aromatic rings. The molecule has 21 heavy (non-hydrogen) atoms. The quantitative estimate of drug-likeness (QED) is 0.570. The molecule has 0 atom stereocenters. The lowest BCUT2D eigenvalue weighted by molar-refractivity contribution is -0.149. The van der Waals surface area contributed by atoms with Crippen LogP contribution in [0.25, 0.3) is 0 Å². The third-order valence-corrected chi connectivity index (χ3v) is 3.83. The van der Waals surface area contributed by atoms with Crippen molar-refractivity contribution in [2.75, 3.05) is 13.1 Å². The number of carbonyl (C=O) groups excluding carboxylic acids is 2. The highest BCUT2D eigenvalue weighted by atomic mass is 16.4. The van der Waals surface area contributed by atoms with Gasteiger partial charge in [0.15, 0.2) is 0 Å². The first-order chi connectivity index (χ1) is 9.77. The number of carboxylic acids is 1. The Bertz CT molecular complexity index is 363. The molecule has 2 amide bonds. The molecule has 6 heteroatoms. The fourth-order valence-electron chi connectivity index (χ4n) is 1.90. The fourth-order valence-corrected chi connectivity index (χ4v) is 1.90. The summed E-state index contributed by atoms with van der Waals surface area (Å²) in [6.07, 6.45) is 2.06. The lowest BCUT2D eigenvalue weighted by Crippen LogP contribution is -2.45. The Kier molecular flexibility index (Phi) is 8.66. The highest BCUT2D eigenvalue weighted by Crippen LogP contribution is 2.25. The van der Waals surface area contributed by atoms with Gasteiger partial charge in [0.05, 0.1) is 12.0 Å². The number of rotatable bonds is 10. The van der Waals surface area contributed by atoms with Crippen molar-refractivity contribution in [1.82, 2.24) is 10.6 Å². The zero-order chi connectivity index (χ0) is 16.5. The second-order valence-electron chi connectivity index (χ2n) is 5.78. The third-order valence-electron chi connectivity index (χ3n) is 3.83. The van der Waals surface area contributed by atoms with E-state index < -0.39 is 11.4 Å². The normalized spacial score (nSPS) is 11.3. The summed E-state index contributed by atoms with van der Waals surface area (Å²) >= 11 is 0. The topological polar surface area (TPSA) is 95.5 Å². The maximum absolute atomic E-state index is 11.7. The third kappa shape index (κ3) is 7.11. The van der Waals surface area contributed by atoms with Gasteiger partial charge in [0.1, 0.15) is 0 Å². The van der Waals surface area contributed by atoms with Crippen molar-refractivity contribution in [3.63, 3.8) is 0 Å². The lowest BCUT2D eigenvalue weighted by Gasteiger charge is -2.26. The molecule has 0 unspecified atom stereocenters. The Labute approximate surface area is 126 Å². The fraction of sp³-hybridized carbons (Fsp3) is 0.800. The molecule has 0 aliphatic carbocycles. The lowest BCUT2D eigenvalue weighted by atomic mass is 9.82. The largest absolute Gasteiger partial charge is 0.481 e. The molecule has 0 bridgehead atoms. The molecule has 0 radical (unpaired) electrons. The van der Waals surface area contributed by atoms with Crippen molar-refractivity contribution < 1.29 is 19.5 Å². The number of nitrogens with one attached hydrogen (secondary N) is 2.